The smallest absolute Gasteiger partial charge is 0.352 e. The molecular formula is C29H37N9O17. The molecular weight excluding hydrogens is 746 g/mol. The lowest BCUT2D eigenvalue weighted by Gasteiger charge is -2.21. The third-order valence-corrected chi connectivity index (χ3v) is 7.03. The number of aliphatic carboxylic acids is 2. The van der Waals surface area contributed by atoms with Crippen molar-refractivity contribution >= 4 is 59.2 Å². The second kappa shape index (κ2) is 20.3. The Hall–Kier alpha value is -6.99. The molecule has 55 heavy (non-hydrogen) atoms. The number of aromatic nitrogens is 5. The Morgan fingerprint density at radius 3 is 1.76 bits per heavy atom. The zero-order valence-corrected chi connectivity index (χ0v) is 29.8. The molecule has 2 aromatic heterocycles. The number of amides is 3. The first-order chi connectivity index (χ1) is 25.8. The van der Waals surface area contributed by atoms with E-state index in [1.165, 1.54) is 21.0 Å². The number of likely N-dealkylation sites (N-methyl/N-ethyl adjacent to an activating group) is 2. The molecule has 5 atom stereocenters. The van der Waals surface area contributed by atoms with E-state index in [1.807, 2.05) is 10.9 Å². The van der Waals surface area contributed by atoms with Crippen LogP contribution in [0.5, 0.6) is 0 Å². The Bertz CT molecular complexity index is 1890. The summed E-state index contributed by atoms with van der Waals surface area (Å²) in [5.74, 6) is -12.6. The van der Waals surface area contributed by atoms with Gasteiger partial charge in [-0.2, -0.15) is 4.68 Å². The van der Waals surface area contributed by atoms with Crippen molar-refractivity contribution in [1.82, 2.24) is 45.9 Å². The van der Waals surface area contributed by atoms with Gasteiger partial charge < -0.3 is 44.5 Å². The summed E-state index contributed by atoms with van der Waals surface area (Å²) < 4.78 is 26.1. The summed E-state index contributed by atoms with van der Waals surface area (Å²) >= 11 is 0. The van der Waals surface area contributed by atoms with Crippen LogP contribution in [-0.2, 0) is 69.1 Å². The third-order valence-electron chi connectivity index (χ3n) is 7.03. The Morgan fingerprint density at radius 1 is 0.764 bits per heavy atom. The molecule has 0 saturated heterocycles. The van der Waals surface area contributed by atoms with Gasteiger partial charge in [0.2, 0.25) is 6.10 Å². The highest BCUT2D eigenvalue weighted by molar-refractivity contribution is 5.99. The first-order valence-corrected chi connectivity index (χ1v) is 15.5. The van der Waals surface area contributed by atoms with Crippen molar-refractivity contribution in [2.75, 3.05) is 21.2 Å². The van der Waals surface area contributed by atoms with Gasteiger partial charge in [-0.05, 0) is 6.92 Å². The maximum absolute atomic E-state index is 13.0. The largest absolute Gasteiger partial charge is 0.479 e. The molecule has 6 N–H and O–H groups in total. The number of aryl methyl sites for hydroxylation is 1. The molecule has 0 spiro atoms. The highest BCUT2D eigenvalue weighted by Gasteiger charge is 2.35. The van der Waals surface area contributed by atoms with Gasteiger partial charge in [0.1, 0.15) is 12.4 Å². The molecule has 26 heteroatoms. The Kier molecular flexibility index (Phi) is 16.3. The lowest BCUT2D eigenvalue weighted by atomic mass is 10.2. The van der Waals surface area contributed by atoms with Crippen LogP contribution >= 0.6 is 0 Å². The van der Waals surface area contributed by atoms with E-state index in [1.54, 1.807) is 0 Å². The fourth-order valence-electron chi connectivity index (χ4n) is 4.03. The minimum absolute atomic E-state index is 0.305. The number of nitrogens with zero attached hydrogens (tertiary/aromatic N) is 5. The van der Waals surface area contributed by atoms with Crippen LogP contribution in [0.4, 0.5) is 0 Å². The monoisotopic (exact) mass is 783 g/mol. The maximum atomic E-state index is 13.0. The van der Waals surface area contributed by atoms with E-state index >= 15 is 0 Å². The number of hydrogen-bond donors (Lipinski definition) is 6. The highest BCUT2D eigenvalue weighted by atomic mass is 16.6. The summed E-state index contributed by atoms with van der Waals surface area (Å²) in [4.78, 5) is 128. The number of rotatable bonds is 20. The molecule has 2 rings (SSSR count). The number of hydrazine groups is 1. The minimum Gasteiger partial charge on any atom is -0.479 e. The first-order valence-electron chi connectivity index (χ1n) is 15.5. The molecule has 0 aliphatic rings. The molecule has 0 aromatic carbocycles. The van der Waals surface area contributed by atoms with E-state index in [0.717, 1.165) is 29.6 Å². The van der Waals surface area contributed by atoms with Gasteiger partial charge in [0, 0.05) is 33.9 Å². The lowest BCUT2D eigenvalue weighted by molar-refractivity contribution is -0.175. The molecule has 0 saturated carbocycles. The number of nitrogens with one attached hydrogen (secondary N) is 4. The zero-order chi connectivity index (χ0) is 41.6. The zero-order valence-electron chi connectivity index (χ0n) is 29.8. The molecule has 0 aliphatic heterocycles. The van der Waals surface area contributed by atoms with Gasteiger partial charge >= 0.3 is 41.5 Å². The maximum Gasteiger partial charge on any atom is 0.352 e. The summed E-state index contributed by atoms with van der Waals surface area (Å²) in [5, 5.41) is 30.8. The topological polar surface area (TPSA) is 353 Å². The quantitative estimate of drug-likeness (QED) is 0.0418. The molecule has 0 radical (unpaired) electrons. The standard InChI is InChI=1S/C29H37N9O17/c1-12(30-3)13(2)52-18(39)7-14(24(43)31-4)53-21(42)10-17(28(48)49)55-19(40)8-15(54-20(41)9-16(51-6)27(46)47)25(44)34-35-26(45)22-23-33-36-37(5)29(50)38(23)11-32-22/h11,13-17,30H,1,7-10H2,2-6H3,(H,31,43)(H,34,44)(H,35,45)(H,46,47)(H,48,49). The molecule has 2 heterocycles. The number of carbonyl (C=O) groups is 9. The Morgan fingerprint density at radius 2 is 1.25 bits per heavy atom. The molecule has 0 bridgehead atoms. The second-order valence-electron chi connectivity index (χ2n) is 10.9. The van der Waals surface area contributed by atoms with Crippen molar-refractivity contribution in [1.29, 1.82) is 0 Å². The first kappa shape index (κ1) is 44.2. The number of imidazole rings is 1. The fraction of sp³-hybridized carbons (Fsp3) is 0.483. The van der Waals surface area contributed by atoms with Gasteiger partial charge in [0.05, 0.1) is 25.7 Å². The van der Waals surface area contributed by atoms with Crippen LogP contribution in [0.2, 0.25) is 0 Å². The van der Waals surface area contributed by atoms with Crippen molar-refractivity contribution in [2.24, 2.45) is 7.05 Å². The predicted octanol–water partition coefficient (Wildman–Crippen LogP) is -4.53. The van der Waals surface area contributed by atoms with Crippen molar-refractivity contribution in [3.05, 3.63) is 34.8 Å². The van der Waals surface area contributed by atoms with Crippen molar-refractivity contribution < 1.29 is 77.0 Å². The second-order valence-corrected chi connectivity index (χ2v) is 10.9. The third kappa shape index (κ3) is 12.9. The number of methoxy groups -OCH3 is 1. The van der Waals surface area contributed by atoms with E-state index in [4.69, 9.17) is 24.1 Å². The SMILES string of the molecule is C=C(NC)C(C)OC(=O)CC(OC(=O)CC(OC(=O)CC(OC(=O)CC(OC)C(=O)O)C(=O)NNC(=O)c1ncn2c(=O)n(C)nnc12)C(=O)O)C(=O)NC. The fourth-order valence-corrected chi connectivity index (χ4v) is 4.03. The predicted molar refractivity (Wildman–Crippen MR) is 174 cm³/mol. The Balaban J connectivity index is 2.19. The van der Waals surface area contributed by atoms with Crippen LogP contribution < -0.4 is 27.2 Å². The van der Waals surface area contributed by atoms with E-state index in [2.05, 4.69) is 37.2 Å². The van der Waals surface area contributed by atoms with E-state index in [-0.39, 0.29) is 5.65 Å². The molecule has 26 nitrogen and oxygen atoms in total. The number of hydrogen-bond acceptors (Lipinski definition) is 19. The average Bonchev–Trinajstić information content (AvgIpc) is 3.57. The van der Waals surface area contributed by atoms with Crippen LogP contribution in [0, 0.1) is 0 Å². The summed E-state index contributed by atoms with van der Waals surface area (Å²) in [6.07, 6.45) is -12.4. The molecule has 2 aromatic rings. The molecule has 3 amide bonds. The van der Waals surface area contributed by atoms with Gasteiger partial charge in [-0.3, -0.25) is 44.4 Å². The van der Waals surface area contributed by atoms with E-state index in [0.29, 0.717) is 5.70 Å². The summed E-state index contributed by atoms with van der Waals surface area (Å²) in [7, 11) is 4.89. The Labute approximate surface area is 308 Å². The molecule has 5 unspecified atom stereocenters. The number of esters is 4. The van der Waals surface area contributed by atoms with Crippen molar-refractivity contribution in [3.8, 4) is 0 Å². The van der Waals surface area contributed by atoms with E-state index < -0.39 is 121 Å². The summed E-state index contributed by atoms with van der Waals surface area (Å²) in [5.41, 5.74) is 2.43. The molecule has 300 valence electrons. The highest BCUT2D eigenvalue weighted by Crippen LogP contribution is 2.13. The minimum atomic E-state index is -2.33. The molecule has 0 aliphatic carbocycles. The number of ether oxygens (including phenoxy) is 5. The van der Waals surface area contributed by atoms with Crippen molar-refractivity contribution in [2.45, 2.75) is 63.1 Å². The van der Waals surface area contributed by atoms with Gasteiger partial charge in [0.15, 0.2) is 29.7 Å². The van der Waals surface area contributed by atoms with E-state index in [9.17, 15) is 53.1 Å². The summed E-state index contributed by atoms with van der Waals surface area (Å²) in [6, 6.07) is 0. The van der Waals surface area contributed by atoms with Crippen LogP contribution in [0.1, 0.15) is 43.1 Å². The van der Waals surface area contributed by atoms with Gasteiger partial charge in [0.25, 0.3) is 17.7 Å². The summed E-state index contributed by atoms with van der Waals surface area (Å²) in [6.45, 7) is 5.09. The van der Waals surface area contributed by atoms with Crippen LogP contribution in [0.25, 0.3) is 5.65 Å². The average molecular weight is 784 g/mol. The number of carboxylic acid groups (broad SMARTS) is 2. The van der Waals surface area contributed by atoms with Crippen molar-refractivity contribution in [3.63, 3.8) is 0 Å². The molecule has 0 fully saturated rings. The van der Waals surface area contributed by atoms with Gasteiger partial charge in [-0.1, -0.05) is 11.8 Å². The lowest BCUT2D eigenvalue weighted by Crippen LogP contribution is -2.49. The number of carboxylic acids is 2. The van der Waals surface area contributed by atoms with Crippen LogP contribution in [0.15, 0.2) is 23.4 Å². The number of fused-ring (bicyclic) bond motifs is 1. The van der Waals surface area contributed by atoms with Gasteiger partial charge in [-0.15, -0.1) is 5.10 Å². The normalized spacial score (nSPS) is 13.4. The van der Waals surface area contributed by atoms with Crippen LogP contribution in [0.3, 0.4) is 0 Å². The number of carbonyl (C=O) groups excluding carboxylic acids is 7. The van der Waals surface area contributed by atoms with Crippen LogP contribution in [-0.4, -0.2) is 140 Å². The van der Waals surface area contributed by atoms with Gasteiger partial charge in [-0.25, -0.2) is 23.8 Å².